The van der Waals surface area contributed by atoms with Gasteiger partial charge in [0.1, 0.15) is 6.04 Å². The van der Waals surface area contributed by atoms with Crippen LogP contribution >= 0.6 is 0 Å². The molecule has 2 rings (SSSR count). The molecular weight excluding hydrogens is 311 g/mol. The average Bonchev–Trinajstić information content (AvgIpc) is 3.28. The van der Waals surface area contributed by atoms with E-state index < -0.39 is 35.6 Å². The number of alkyl halides is 3. The van der Waals surface area contributed by atoms with E-state index in [9.17, 15) is 22.8 Å². The second-order valence-electron chi connectivity index (χ2n) is 5.95. The zero-order valence-corrected chi connectivity index (χ0v) is 12.6. The summed E-state index contributed by atoms with van der Waals surface area (Å²) in [7, 11) is 0. The molecule has 1 aliphatic rings. The van der Waals surface area contributed by atoms with E-state index in [1.54, 1.807) is 6.92 Å². The molecule has 1 aromatic rings. The largest absolute Gasteiger partial charge is 0.480 e. The van der Waals surface area contributed by atoms with E-state index >= 15 is 0 Å². The minimum atomic E-state index is -4.43. The zero-order chi connectivity index (χ0) is 17.2. The molecule has 7 heteroatoms. The molecule has 0 aliphatic heterocycles. The molecule has 0 radical (unpaired) electrons. The van der Waals surface area contributed by atoms with Gasteiger partial charge in [0.15, 0.2) is 0 Å². The third-order valence-corrected chi connectivity index (χ3v) is 3.95. The van der Waals surface area contributed by atoms with E-state index in [0.29, 0.717) is 5.56 Å². The highest BCUT2D eigenvalue weighted by Gasteiger charge is 2.37. The molecule has 2 unspecified atom stereocenters. The van der Waals surface area contributed by atoms with Gasteiger partial charge in [0.2, 0.25) is 5.91 Å². The number of benzene rings is 1. The van der Waals surface area contributed by atoms with Crippen LogP contribution in [0.2, 0.25) is 0 Å². The topological polar surface area (TPSA) is 66.4 Å². The molecule has 1 fully saturated rings. The molecule has 0 aromatic heterocycles. The Morgan fingerprint density at radius 1 is 1.35 bits per heavy atom. The highest BCUT2D eigenvalue weighted by molar-refractivity contribution is 5.84. The van der Waals surface area contributed by atoms with Gasteiger partial charge in [-0.05, 0) is 36.3 Å². The number of carbonyl (C=O) groups is 2. The van der Waals surface area contributed by atoms with Crippen molar-refractivity contribution in [1.82, 2.24) is 5.32 Å². The number of halogens is 3. The highest BCUT2D eigenvalue weighted by atomic mass is 19.4. The Balaban J connectivity index is 1.99. The molecular formula is C16H18F3NO3. The van der Waals surface area contributed by atoms with Crippen molar-refractivity contribution in [3.63, 3.8) is 0 Å². The summed E-state index contributed by atoms with van der Waals surface area (Å²) < 4.78 is 38.1. The van der Waals surface area contributed by atoms with Gasteiger partial charge in [0.05, 0.1) is 5.56 Å². The monoisotopic (exact) mass is 329 g/mol. The van der Waals surface area contributed by atoms with Crippen molar-refractivity contribution < 1.29 is 27.9 Å². The Labute approximate surface area is 131 Å². The maximum Gasteiger partial charge on any atom is 0.416 e. The standard InChI is InChI=1S/C16H18F3NO3/c1-9(11-3-2-4-12(8-11)16(17,18)19)7-13(21)20-14(15(22)23)10-5-6-10/h2-4,8-10,14H,5-7H2,1H3,(H,20,21)(H,22,23). The van der Waals surface area contributed by atoms with Crippen LogP contribution in [0.15, 0.2) is 24.3 Å². The number of aliphatic carboxylic acids is 1. The quantitative estimate of drug-likeness (QED) is 0.842. The van der Waals surface area contributed by atoms with E-state index in [-0.39, 0.29) is 12.3 Å². The van der Waals surface area contributed by atoms with Crippen LogP contribution in [0.1, 0.15) is 43.2 Å². The van der Waals surface area contributed by atoms with Crippen molar-refractivity contribution >= 4 is 11.9 Å². The predicted octanol–water partition coefficient (Wildman–Crippen LogP) is 3.18. The molecule has 1 aliphatic carbocycles. The third-order valence-electron chi connectivity index (χ3n) is 3.95. The smallest absolute Gasteiger partial charge is 0.416 e. The first-order chi connectivity index (χ1) is 10.7. The summed E-state index contributed by atoms with van der Waals surface area (Å²) in [6.45, 7) is 1.64. The minimum absolute atomic E-state index is 0.0414. The van der Waals surface area contributed by atoms with Gasteiger partial charge in [-0.25, -0.2) is 4.79 Å². The second kappa shape index (κ2) is 6.60. The van der Waals surface area contributed by atoms with Crippen LogP contribution in [0.4, 0.5) is 13.2 Å². The van der Waals surface area contributed by atoms with Gasteiger partial charge >= 0.3 is 12.1 Å². The average molecular weight is 329 g/mol. The molecule has 126 valence electrons. The predicted molar refractivity (Wildman–Crippen MR) is 76.8 cm³/mol. The number of hydrogen-bond donors (Lipinski definition) is 2. The number of carbonyl (C=O) groups excluding carboxylic acids is 1. The van der Waals surface area contributed by atoms with Crippen LogP contribution in [0.5, 0.6) is 0 Å². The fourth-order valence-corrected chi connectivity index (χ4v) is 2.46. The maximum atomic E-state index is 12.7. The molecule has 0 bridgehead atoms. The van der Waals surface area contributed by atoms with Crippen molar-refractivity contribution in [3.8, 4) is 0 Å². The number of carboxylic acid groups (broad SMARTS) is 1. The summed E-state index contributed by atoms with van der Waals surface area (Å²) in [4.78, 5) is 23.0. The van der Waals surface area contributed by atoms with Crippen molar-refractivity contribution in [2.45, 2.75) is 44.3 Å². The molecule has 1 saturated carbocycles. The van der Waals surface area contributed by atoms with Gasteiger partial charge in [-0.15, -0.1) is 0 Å². The molecule has 23 heavy (non-hydrogen) atoms. The lowest BCUT2D eigenvalue weighted by Crippen LogP contribution is -2.42. The Kier molecular flexibility index (Phi) is 4.97. The molecule has 0 saturated heterocycles. The summed E-state index contributed by atoms with van der Waals surface area (Å²) >= 11 is 0. The zero-order valence-electron chi connectivity index (χ0n) is 12.6. The van der Waals surface area contributed by atoms with Gasteiger partial charge in [-0.3, -0.25) is 4.79 Å². The van der Waals surface area contributed by atoms with Gasteiger partial charge in [-0.2, -0.15) is 13.2 Å². The van der Waals surface area contributed by atoms with Gasteiger partial charge in [0, 0.05) is 6.42 Å². The molecule has 0 spiro atoms. The maximum absolute atomic E-state index is 12.7. The normalized spacial score (nSPS) is 17.4. The lowest BCUT2D eigenvalue weighted by atomic mass is 9.95. The molecule has 1 aromatic carbocycles. The molecule has 2 atom stereocenters. The molecule has 1 amide bonds. The highest BCUT2D eigenvalue weighted by Crippen LogP contribution is 2.33. The van der Waals surface area contributed by atoms with Crippen LogP contribution in [0.25, 0.3) is 0 Å². The van der Waals surface area contributed by atoms with Crippen LogP contribution in [-0.4, -0.2) is 23.0 Å². The fraction of sp³-hybridized carbons (Fsp3) is 0.500. The summed E-state index contributed by atoms with van der Waals surface area (Å²) in [6, 6.07) is 3.92. The SMILES string of the molecule is CC(CC(=O)NC(C(=O)O)C1CC1)c1cccc(C(F)(F)F)c1. The van der Waals surface area contributed by atoms with Crippen LogP contribution in [0, 0.1) is 5.92 Å². The first-order valence-corrected chi connectivity index (χ1v) is 7.38. The van der Waals surface area contributed by atoms with Gasteiger partial charge in [-0.1, -0.05) is 25.1 Å². The summed E-state index contributed by atoms with van der Waals surface area (Å²) in [6.07, 6.45) is -2.96. The molecule has 0 heterocycles. The fourth-order valence-electron chi connectivity index (χ4n) is 2.46. The van der Waals surface area contributed by atoms with E-state index in [1.165, 1.54) is 12.1 Å². The van der Waals surface area contributed by atoms with Gasteiger partial charge in [0.25, 0.3) is 0 Å². The number of rotatable bonds is 6. The van der Waals surface area contributed by atoms with E-state index in [4.69, 9.17) is 5.11 Å². The van der Waals surface area contributed by atoms with Crippen molar-refractivity contribution in [1.29, 1.82) is 0 Å². The lowest BCUT2D eigenvalue weighted by molar-refractivity contribution is -0.142. The summed E-state index contributed by atoms with van der Waals surface area (Å²) in [5.74, 6) is -2.02. The van der Waals surface area contributed by atoms with Gasteiger partial charge < -0.3 is 10.4 Å². The molecule has 2 N–H and O–H groups in total. The van der Waals surface area contributed by atoms with Crippen LogP contribution < -0.4 is 5.32 Å². The first kappa shape index (κ1) is 17.3. The number of hydrogen-bond acceptors (Lipinski definition) is 2. The van der Waals surface area contributed by atoms with Crippen molar-refractivity contribution in [3.05, 3.63) is 35.4 Å². The van der Waals surface area contributed by atoms with Crippen LogP contribution in [-0.2, 0) is 15.8 Å². The van der Waals surface area contributed by atoms with Crippen molar-refractivity contribution in [2.24, 2.45) is 5.92 Å². The molecule has 4 nitrogen and oxygen atoms in total. The number of amides is 1. The Morgan fingerprint density at radius 2 is 2.00 bits per heavy atom. The summed E-state index contributed by atoms with van der Waals surface area (Å²) in [5, 5.41) is 11.5. The Morgan fingerprint density at radius 3 is 2.52 bits per heavy atom. The Hall–Kier alpha value is -2.05. The number of nitrogens with one attached hydrogen (secondary N) is 1. The number of carboxylic acids is 1. The first-order valence-electron chi connectivity index (χ1n) is 7.38. The lowest BCUT2D eigenvalue weighted by Gasteiger charge is -2.17. The van der Waals surface area contributed by atoms with E-state index in [2.05, 4.69) is 5.32 Å². The second-order valence-corrected chi connectivity index (χ2v) is 5.95. The summed E-state index contributed by atoms with van der Waals surface area (Å²) in [5.41, 5.74) is -0.364. The van der Waals surface area contributed by atoms with Crippen molar-refractivity contribution in [2.75, 3.05) is 0 Å². The Bertz CT molecular complexity index is 596. The van der Waals surface area contributed by atoms with E-state index in [0.717, 1.165) is 25.0 Å². The third kappa shape index (κ3) is 4.71. The van der Waals surface area contributed by atoms with Crippen LogP contribution in [0.3, 0.4) is 0 Å². The minimum Gasteiger partial charge on any atom is -0.480 e. The van der Waals surface area contributed by atoms with E-state index in [1.807, 2.05) is 0 Å².